The molecule has 0 aromatic heterocycles. The second kappa shape index (κ2) is 3.22. The van der Waals surface area contributed by atoms with Gasteiger partial charge in [-0.3, -0.25) is 0 Å². The third-order valence-corrected chi connectivity index (χ3v) is 8.28. The smallest absolute Gasteiger partial charge is 0.0634 e. The van der Waals surface area contributed by atoms with Crippen LogP contribution in [-0.2, 0) is 0 Å². The first-order chi connectivity index (χ1) is 6.93. The number of benzene rings is 2. The van der Waals surface area contributed by atoms with Gasteiger partial charge in [-0.05, 0) is 0 Å². The lowest BCUT2D eigenvalue weighted by atomic mass is 10.3. The van der Waals surface area contributed by atoms with E-state index in [1.54, 1.807) is 20.7 Å². The van der Waals surface area contributed by atoms with Gasteiger partial charge in [0.2, 0.25) is 0 Å². The number of rotatable bonds is 0. The van der Waals surface area contributed by atoms with Crippen molar-refractivity contribution in [2.45, 2.75) is 0 Å². The monoisotopic (exact) mass is 212 g/mol. The Hall–Kier alpha value is -1.13. The van der Waals surface area contributed by atoms with E-state index in [2.05, 4.69) is 48.5 Å². The number of hydrogen-bond acceptors (Lipinski definition) is 0. The van der Waals surface area contributed by atoms with Gasteiger partial charge in [0.1, 0.15) is 0 Å². The summed E-state index contributed by atoms with van der Waals surface area (Å²) in [5, 5.41) is 6.77. The summed E-state index contributed by atoms with van der Waals surface area (Å²) in [4.78, 5) is 0. The van der Waals surface area contributed by atoms with Gasteiger partial charge in [0.15, 0.2) is 0 Å². The molecule has 1 aliphatic rings. The van der Waals surface area contributed by atoms with Crippen LogP contribution in [0.1, 0.15) is 0 Å². The molecule has 0 atom stereocenters. The van der Waals surface area contributed by atoms with Crippen molar-refractivity contribution in [3.8, 4) is 0 Å². The maximum Gasteiger partial charge on any atom is 0.0871 e. The highest BCUT2D eigenvalue weighted by molar-refractivity contribution is 6.87. The first-order valence-electron chi connectivity index (χ1n) is 5.07. The van der Waals surface area contributed by atoms with Crippen LogP contribution in [0.5, 0.6) is 0 Å². The van der Waals surface area contributed by atoms with Crippen LogP contribution in [0.4, 0.5) is 0 Å². The first-order valence-corrected chi connectivity index (χ1v) is 7.90. The molecule has 0 bridgehead atoms. The highest BCUT2D eigenvalue weighted by Crippen LogP contribution is 1.87. The summed E-state index contributed by atoms with van der Waals surface area (Å²) < 4.78 is 0. The summed E-state index contributed by atoms with van der Waals surface area (Å²) in [7, 11) is -0.320. The van der Waals surface area contributed by atoms with E-state index < -0.39 is 0 Å². The Morgan fingerprint density at radius 3 is 1.07 bits per heavy atom. The fourth-order valence-electron chi connectivity index (χ4n) is 2.22. The zero-order valence-electron chi connectivity index (χ0n) is 8.03. The van der Waals surface area contributed by atoms with Gasteiger partial charge in [-0.2, -0.15) is 0 Å². The van der Waals surface area contributed by atoms with Crippen LogP contribution in [0.25, 0.3) is 0 Å². The summed E-state index contributed by atoms with van der Waals surface area (Å²) >= 11 is 0. The minimum Gasteiger partial charge on any atom is -0.0634 e. The van der Waals surface area contributed by atoms with Crippen molar-refractivity contribution in [2.75, 3.05) is 0 Å². The first kappa shape index (κ1) is 8.20. The quantitative estimate of drug-likeness (QED) is 0.387. The van der Waals surface area contributed by atoms with Crippen molar-refractivity contribution >= 4 is 39.8 Å². The van der Waals surface area contributed by atoms with E-state index in [4.69, 9.17) is 0 Å². The lowest BCUT2D eigenvalue weighted by molar-refractivity contribution is 1.77. The van der Waals surface area contributed by atoms with Crippen LogP contribution in [0.2, 0.25) is 0 Å². The molecule has 1 heterocycles. The molecule has 2 aromatic carbocycles. The van der Waals surface area contributed by atoms with Gasteiger partial charge < -0.3 is 0 Å². The van der Waals surface area contributed by atoms with Crippen molar-refractivity contribution in [3.63, 3.8) is 0 Å². The SMILES string of the molecule is c1ccc2c(c1)[SiH2]c1ccccc1[SiH2]2. The van der Waals surface area contributed by atoms with Crippen LogP contribution in [0.3, 0.4) is 0 Å². The Labute approximate surface area is 88.6 Å². The minimum atomic E-state index is -0.160. The zero-order chi connectivity index (χ0) is 9.38. The summed E-state index contributed by atoms with van der Waals surface area (Å²) in [6.45, 7) is 0. The average Bonchev–Trinajstić information content (AvgIpc) is 2.26. The molecule has 0 fully saturated rings. The summed E-state index contributed by atoms with van der Waals surface area (Å²) in [5.41, 5.74) is 0. The van der Waals surface area contributed by atoms with Crippen LogP contribution in [0.15, 0.2) is 48.5 Å². The van der Waals surface area contributed by atoms with Crippen LogP contribution in [-0.4, -0.2) is 19.0 Å². The molecular weight excluding hydrogens is 200 g/mol. The molecule has 0 saturated carbocycles. The molecule has 0 unspecified atom stereocenters. The molecule has 68 valence electrons. The fourth-order valence-corrected chi connectivity index (χ4v) is 6.93. The Kier molecular flexibility index (Phi) is 1.89. The number of hydrogen-bond donors (Lipinski definition) is 0. The highest BCUT2D eigenvalue weighted by atomic mass is 28.2. The van der Waals surface area contributed by atoms with E-state index >= 15 is 0 Å². The highest BCUT2D eigenvalue weighted by Gasteiger charge is 2.13. The topological polar surface area (TPSA) is 0 Å². The molecule has 0 spiro atoms. The summed E-state index contributed by atoms with van der Waals surface area (Å²) in [6, 6.07) is 18.1. The van der Waals surface area contributed by atoms with Gasteiger partial charge >= 0.3 is 0 Å². The standard InChI is InChI=1S/C12H12Si2/c1-2-6-10-9(5-1)13-11-7-3-4-8-12(11)14-10/h1-8H,13-14H2. The van der Waals surface area contributed by atoms with Crippen molar-refractivity contribution in [1.82, 2.24) is 0 Å². The normalized spacial score (nSPS) is 16.6. The van der Waals surface area contributed by atoms with Crippen molar-refractivity contribution in [3.05, 3.63) is 48.5 Å². The van der Waals surface area contributed by atoms with Crippen LogP contribution >= 0.6 is 0 Å². The van der Waals surface area contributed by atoms with E-state index in [0.29, 0.717) is 0 Å². The molecule has 0 saturated heterocycles. The molecule has 0 amide bonds. The second-order valence-electron chi connectivity index (χ2n) is 3.89. The van der Waals surface area contributed by atoms with Gasteiger partial charge in [-0.25, -0.2) is 0 Å². The predicted molar refractivity (Wildman–Crippen MR) is 68.5 cm³/mol. The lowest BCUT2D eigenvalue weighted by Gasteiger charge is -2.18. The Morgan fingerprint density at radius 2 is 0.786 bits per heavy atom. The molecule has 14 heavy (non-hydrogen) atoms. The molecule has 0 nitrogen and oxygen atoms in total. The summed E-state index contributed by atoms with van der Waals surface area (Å²) in [5.74, 6) is 0. The average molecular weight is 212 g/mol. The van der Waals surface area contributed by atoms with Crippen LogP contribution in [0, 0.1) is 0 Å². The molecular formula is C12H12Si2. The maximum atomic E-state index is 2.34. The van der Waals surface area contributed by atoms with Crippen LogP contribution < -0.4 is 20.7 Å². The molecule has 2 heteroatoms. The minimum absolute atomic E-state index is 0.160. The van der Waals surface area contributed by atoms with E-state index in [-0.39, 0.29) is 19.0 Å². The maximum absolute atomic E-state index is 2.34. The Bertz CT molecular complexity index is 390. The Morgan fingerprint density at radius 1 is 0.500 bits per heavy atom. The second-order valence-corrected chi connectivity index (χ2v) is 7.65. The van der Waals surface area contributed by atoms with Gasteiger partial charge in [0, 0.05) is 0 Å². The largest absolute Gasteiger partial charge is 0.0871 e. The van der Waals surface area contributed by atoms with Gasteiger partial charge in [0.25, 0.3) is 0 Å². The molecule has 3 rings (SSSR count). The van der Waals surface area contributed by atoms with Gasteiger partial charge in [0.05, 0.1) is 19.0 Å². The zero-order valence-corrected chi connectivity index (χ0v) is 10.9. The summed E-state index contributed by atoms with van der Waals surface area (Å²) in [6.07, 6.45) is 0. The van der Waals surface area contributed by atoms with E-state index in [9.17, 15) is 0 Å². The van der Waals surface area contributed by atoms with E-state index in [1.807, 2.05) is 0 Å². The van der Waals surface area contributed by atoms with Crippen molar-refractivity contribution < 1.29 is 0 Å². The molecule has 2 aromatic rings. The van der Waals surface area contributed by atoms with Gasteiger partial charge in [-0.15, -0.1) is 0 Å². The third-order valence-electron chi connectivity index (χ3n) is 3.00. The Balaban J connectivity index is 2.12. The number of fused-ring (bicyclic) bond motifs is 2. The van der Waals surface area contributed by atoms with Crippen molar-refractivity contribution in [2.24, 2.45) is 0 Å². The molecule has 0 aliphatic carbocycles. The van der Waals surface area contributed by atoms with E-state index in [1.165, 1.54) is 0 Å². The third kappa shape index (κ3) is 1.27. The van der Waals surface area contributed by atoms with E-state index in [0.717, 1.165) is 0 Å². The lowest BCUT2D eigenvalue weighted by Crippen LogP contribution is -2.56. The fraction of sp³-hybridized carbons (Fsp3) is 0. The molecule has 1 aliphatic heterocycles. The van der Waals surface area contributed by atoms with Gasteiger partial charge in [-0.1, -0.05) is 69.3 Å². The van der Waals surface area contributed by atoms with Crippen molar-refractivity contribution in [1.29, 1.82) is 0 Å². The predicted octanol–water partition coefficient (Wildman–Crippen LogP) is -1.76. The molecule has 0 N–H and O–H groups in total. The molecule has 0 radical (unpaired) electrons.